The molecular weight excluding hydrogens is 528 g/mol. The maximum absolute atomic E-state index is 6.85. The quantitative estimate of drug-likeness (QED) is 0.177. The summed E-state index contributed by atoms with van der Waals surface area (Å²) < 4.78 is 9.43. The third-order valence-corrected chi connectivity index (χ3v) is 10.2. The zero-order chi connectivity index (χ0) is 28.0. The fourth-order valence-electron chi connectivity index (χ4n) is 8.79. The lowest BCUT2D eigenvalue weighted by Crippen LogP contribution is -2.70. The molecule has 5 aliphatic rings. The van der Waals surface area contributed by atoms with Gasteiger partial charge in [-0.3, -0.25) is 0 Å². The van der Waals surface area contributed by atoms with Gasteiger partial charge in [-0.2, -0.15) is 4.90 Å². The van der Waals surface area contributed by atoms with E-state index in [1.165, 1.54) is 61.9 Å². The maximum atomic E-state index is 6.85. The zero-order valence-electron chi connectivity index (χ0n) is 23.4. The number of nitrogens with zero attached hydrogens (tertiary/aromatic N) is 4. The highest BCUT2D eigenvalue weighted by Gasteiger charge is 2.70. The molecule has 43 heavy (non-hydrogen) atoms. The van der Waals surface area contributed by atoms with Crippen LogP contribution in [0.5, 0.6) is 11.5 Å². The molecular formula is C38H25N4O+. The average Bonchev–Trinajstić information content (AvgIpc) is 3.49. The molecule has 0 fully saturated rings. The first-order chi connectivity index (χ1) is 21.3. The van der Waals surface area contributed by atoms with Crippen molar-refractivity contribution in [1.82, 2.24) is 0 Å². The SMILES string of the molecule is CN1c2ccccc2N2c3cccc4c3C3(c5c(cccc5N5c6ccccc6-c6ccccc6-c6ccc[n+]3c65)O4)C12. The predicted molar refractivity (Wildman–Crippen MR) is 169 cm³/mol. The van der Waals surface area contributed by atoms with Crippen LogP contribution >= 0.6 is 0 Å². The molecule has 0 N–H and O–H groups in total. The van der Waals surface area contributed by atoms with Gasteiger partial charge in [-0.1, -0.05) is 66.7 Å². The Morgan fingerprint density at radius 1 is 0.558 bits per heavy atom. The van der Waals surface area contributed by atoms with Gasteiger partial charge in [0.15, 0.2) is 6.17 Å². The van der Waals surface area contributed by atoms with E-state index in [0.29, 0.717) is 0 Å². The van der Waals surface area contributed by atoms with E-state index in [9.17, 15) is 0 Å². The van der Waals surface area contributed by atoms with Crippen molar-refractivity contribution in [2.45, 2.75) is 11.7 Å². The largest absolute Gasteiger partial charge is 0.456 e. The standard InChI is InChI=1S/C38H25N4O/c1-39-28-16-6-7-17-29(28)42-31-19-9-21-33-35(31)38(37(39)42)34-30(18-8-20-32(34)43-33)41-27-15-5-4-13-25(27)23-11-2-3-12-24(23)26-14-10-22-40(38)36(26)41/h2-22,37H,1H3/q+1. The van der Waals surface area contributed by atoms with Crippen molar-refractivity contribution in [3.05, 3.63) is 139 Å². The summed E-state index contributed by atoms with van der Waals surface area (Å²) in [5, 5.41) is 0. The second kappa shape index (κ2) is 7.26. The molecule has 2 atom stereocenters. The number of fused-ring (bicyclic) bond motifs is 10. The summed E-state index contributed by atoms with van der Waals surface area (Å²) in [6.45, 7) is 0. The Balaban J connectivity index is 1.36. The van der Waals surface area contributed by atoms with Crippen LogP contribution in [0.2, 0.25) is 0 Å². The minimum Gasteiger partial charge on any atom is -0.456 e. The Kier molecular flexibility index (Phi) is 3.73. The number of rotatable bonds is 0. The van der Waals surface area contributed by atoms with Crippen LogP contribution in [0.3, 0.4) is 0 Å². The second-order valence-corrected chi connectivity index (χ2v) is 12.0. The van der Waals surface area contributed by atoms with Crippen LogP contribution in [0.1, 0.15) is 11.1 Å². The Morgan fingerprint density at radius 3 is 1.93 bits per heavy atom. The van der Waals surface area contributed by atoms with Crippen LogP contribution < -0.4 is 24.0 Å². The molecule has 0 amide bonds. The number of aromatic nitrogens is 1. The van der Waals surface area contributed by atoms with Gasteiger partial charge in [0.25, 0.3) is 5.82 Å². The first kappa shape index (κ1) is 22.1. The summed E-state index contributed by atoms with van der Waals surface area (Å²) in [7, 11) is 2.25. The van der Waals surface area contributed by atoms with E-state index in [-0.39, 0.29) is 6.17 Å². The molecule has 5 aliphatic heterocycles. The van der Waals surface area contributed by atoms with Gasteiger partial charge < -0.3 is 14.5 Å². The molecule has 1 spiro atoms. The van der Waals surface area contributed by atoms with Crippen LogP contribution in [-0.2, 0) is 5.54 Å². The summed E-state index contributed by atoms with van der Waals surface area (Å²) in [6.07, 6.45) is 2.27. The first-order valence-corrected chi connectivity index (χ1v) is 14.9. The Hall–Kier alpha value is -5.55. The predicted octanol–water partition coefficient (Wildman–Crippen LogP) is 8.23. The number of pyridine rings is 1. The molecule has 1 aromatic heterocycles. The summed E-state index contributed by atoms with van der Waals surface area (Å²) in [6, 6.07) is 44.1. The number of ether oxygens (including phenoxy) is 1. The Labute approximate surface area is 249 Å². The van der Waals surface area contributed by atoms with E-state index in [1.807, 2.05) is 0 Å². The van der Waals surface area contributed by atoms with Crippen molar-refractivity contribution in [1.29, 1.82) is 0 Å². The van der Waals surface area contributed by atoms with Gasteiger partial charge in [-0.05, 0) is 65.7 Å². The van der Waals surface area contributed by atoms with Gasteiger partial charge in [0.1, 0.15) is 22.9 Å². The number of benzene rings is 5. The molecule has 5 aromatic carbocycles. The highest BCUT2D eigenvalue weighted by molar-refractivity contribution is 6.03. The van der Waals surface area contributed by atoms with Crippen molar-refractivity contribution in [2.24, 2.45) is 0 Å². The van der Waals surface area contributed by atoms with Crippen LogP contribution in [0.15, 0.2) is 128 Å². The number of hydrogen-bond acceptors (Lipinski definition) is 4. The van der Waals surface area contributed by atoms with Crippen LogP contribution in [-0.4, -0.2) is 13.2 Å². The Morgan fingerprint density at radius 2 is 1.14 bits per heavy atom. The Bertz CT molecular complexity index is 2240. The molecule has 0 saturated carbocycles. The molecule has 0 bridgehead atoms. The van der Waals surface area contributed by atoms with Crippen molar-refractivity contribution in [3.63, 3.8) is 0 Å². The number of para-hydroxylation sites is 3. The van der Waals surface area contributed by atoms with Gasteiger partial charge in [0.2, 0.25) is 5.54 Å². The normalized spacial score (nSPS) is 20.1. The van der Waals surface area contributed by atoms with E-state index in [4.69, 9.17) is 4.74 Å². The summed E-state index contributed by atoms with van der Waals surface area (Å²) in [5.41, 5.74) is 12.8. The van der Waals surface area contributed by atoms with Gasteiger partial charge in [-0.25, -0.2) is 4.57 Å². The van der Waals surface area contributed by atoms with Gasteiger partial charge in [-0.15, -0.1) is 0 Å². The van der Waals surface area contributed by atoms with Crippen LogP contribution in [0, 0.1) is 0 Å². The lowest BCUT2D eigenvalue weighted by atomic mass is 9.75. The maximum Gasteiger partial charge on any atom is 0.296 e. The lowest BCUT2D eigenvalue weighted by Gasteiger charge is -2.46. The molecule has 6 heterocycles. The van der Waals surface area contributed by atoms with Gasteiger partial charge in [0.05, 0.1) is 39.9 Å². The van der Waals surface area contributed by atoms with E-state index >= 15 is 0 Å². The van der Waals surface area contributed by atoms with Crippen molar-refractivity contribution in [2.75, 3.05) is 21.7 Å². The summed E-state index contributed by atoms with van der Waals surface area (Å²) >= 11 is 0. The van der Waals surface area contributed by atoms with E-state index in [0.717, 1.165) is 17.2 Å². The minimum atomic E-state index is -0.569. The first-order valence-electron chi connectivity index (χ1n) is 14.9. The van der Waals surface area contributed by atoms with Crippen LogP contribution in [0.25, 0.3) is 22.3 Å². The molecule has 0 saturated heterocycles. The minimum absolute atomic E-state index is 0.0303. The molecule has 2 unspecified atom stereocenters. The van der Waals surface area contributed by atoms with Gasteiger partial charge in [0, 0.05) is 12.6 Å². The molecule has 5 heteroatoms. The molecule has 202 valence electrons. The topological polar surface area (TPSA) is 22.8 Å². The molecule has 11 rings (SSSR count). The molecule has 0 radical (unpaired) electrons. The highest BCUT2D eigenvalue weighted by atomic mass is 16.5. The lowest BCUT2D eigenvalue weighted by molar-refractivity contribution is -0.734. The van der Waals surface area contributed by atoms with Crippen molar-refractivity contribution >= 4 is 34.3 Å². The van der Waals surface area contributed by atoms with E-state index < -0.39 is 5.54 Å². The highest BCUT2D eigenvalue weighted by Crippen LogP contribution is 2.67. The number of likely N-dealkylation sites (N-methyl/N-ethyl adjacent to an activating group) is 1. The molecule has 6 aromatic rings. The number of anilines is 6. The third kappa shape index (κ3) is 2.29. The van der Waals surface area contributed by atoms with E-state index in [2.05, 4.69) is 154 Å². The number of hydrogen-bond donors (Lipinski definition) is 0. The second-order valence-electron chi connectivity index (χ2n) is 12.0. The van der Waals surface area contributed by atoms with Crippen molar-refractivity contribution in [3.8, 4) is 33.8 Å². The van der Waals surface area contributed by atoms with Gasteiger partial charge >= 0.3 is 0 Å². The molecule has 0 aliphatic carbocycles. The zero-order valence-corrected chi connectivity index (χ0v) is 23.4. The van der Waals surface area contributed by atoms with E-state index in [1.54, 1.807) is 0 Å². The fourth-order valence-corrected chi connectivity index (χ4v) is 8.79. The summed E-state index contributed by atoms with van der Waals surface area (Å²) in [5.74, 6) is 3.02. The molecule has 5 nitrogen and oxygen atoms in total. The summed E-state index contributed by atoms with van der Waals surface area (Å²) in [4.78, 5) is 7.51. The monoisotopic (exact) mass is 553 g/mol. The average molecular weight is 554 g/mol. The fraction of sp³-hybridized carbons (Fsp3) is 0.0789. The third-order valence-electron chi connectivity index (χ3n) is 10.2. The van der Waals surface area contributed by atoms with Crippen LogP contribution in [0.4, 0.5) is 34.3 Å². The smallest absolute Gasteiger partial charge is 0.296 e. The van der Waals surface area contributed by atoms with Crippen molar-refractivity contribution < 1.29 is 9.30 Å².